The zero-order chi connectivity index (χ0) is 13.7. The number of imidazole rings is 1. The molecule has 2 aromatic rings. The van der Waals surface area contributed by atoms with E-state index in [0.29, 0.717) is 6.04 Å². The second kappa shape index (κ2) is 6.87. The van der Waals surface area contributed by atoms with Crippen LogP contribution < -0.4 is 5.32 Å². The van der Waals surface area contributed by atoms with E-state index in [1.807, 2.05) is 18.5 Å². The van der Waals surface area contributed by atoms with Gasteiger partial charge in [-0.15, -0.1) is 0 Å². The molecule has 0 saturated heterocycles. The smallest absolute Gasteiger partial charge is 0.122 e. The summed E-state index contributed by atoms with van der Waals surface area (Å²) in [7, 11) is 0. The highest BCUT2D eigenvalue weighted by Crippen LogP contribution is 2.18. The maximum atomic E-state index is 4.41. The predicted molar refractivity (Wildman–Crippen MR) is 81.9 cm³/mol. The Balaban J connectivity index is 1.96. The van der Waals surface area contributed by atoms with Gasteiger partial charge in [0.25, 0.3) is 0 Å². The van der Waals surface area contributed by atoms with E-state index in [2.05, 4.69) is 62.8 Å². The molecular weight excluding hydrogens is 302 g/mol. The van der Waals surface area contributed by atoms with Crippen molar-refractivity contribution >= 4 is 15.9 Å². The molecule has 1 atom stereocenters. The Bertz CT molecular complexity index is 522. The van der Waals surface area contributed by atoms with Gasteiger partial charge in [0.1, 0.15) is 5.82 Å². The minimum atomic E-state index is 0.310. The van der Waals surface area contributed by atoms with Crippen molar-refractivity contribution in [2.45, 2.75) is 39.4 Å². The zero-order valence-electron chi connectivity index (χ0n) is 11.4. The van der Waals surface area contributed by atoms with Gasteiger partial charge in [0.2, 0.25) is 0 Å². The van der Waals surface area contributed by atoms with Crippen LogP contribution in [-0.4, -0.2) is 9.55 Å². The Hall–Kier alpha value is -1.13. The summed E-state index contributed by atoms with van der Waals surface area (Å²) < 4.78 is 3.33. The van der Waals surface area contributed by atoms with Crippen molar-refractivity contribution in [1.29, 1.82) is 0 Å². The first kappa shape index (κ1) is 14.3. The first-order valence-electron chi connectivity index (χ1n) is 6.69. The van der Waals surface area contributed by atoms with Crippen molar-refractivity contribution in [1.82, 2.24) is 14.9 Å². The van der Waals surface area contributed by atoms with Crippen LogP contribution in [0.3, 0.4) is 0 Å². The molecule has 0 fully saturated rings. The van der Waals surface area contributed by atoms with Crippen molar-refractivity contribution in [3.8, 4) is 0 Å². The third-order valence-corrected chi connectivity index (χ3v) is 3.67. The van der Waals surface area contributed by atoms with E-state index in [0.717, 1.165) is 29.8 Å². The van der Waals surface area contributed by atoms with E-state index >= 15 is 0 Å². The Morgan fingerprint density at radius 2 is 2.26 bits per heavy atom. The van der Waals surface area contributed by atoms with Crippen LogP contribution in [0.2, 0.25) is 0 Å². The molecule has 3 nitrogen and oxygen atoms in total. The number of rotatable bonds is 6. The third-order valence-electron chi connectivity index (χ3n) is 3.18. The number of hydrogen-bond donors (Lipinski definition) is 1. The van der Waals surface area contributed by atoms with Crippen LogP contribution in [0.5, 0.6) is 0 Å². The van der Waals surface area contributed by atoms with Crippen molar-refractivity contribution in [3.63, 3.8) is 0 Å². The summed E-state index contributed by atoms with van der Waals surface area (Å²) in [4.78, 5) is 4.41. The Morgan fingerprint density at radius 1 is 1.42 bits per heavy atom. The minimum absolute atomic E-state index is 0.310. The molecule has 0 aliphatic rings. The first-order valence-corrected chi connectivity index (χ1v) is 7.49. The molecule has 0 aliphatic heterocycles. The number of hydrogen-bond acceptors (Lipinski definition) is 2. The van der Waals surface area contributed by atoms with Gasteiger partial charge < -0.3 is 9.88 Å². The number of halogens is 1. The SMILES string of the molecule is CCCn1ccnc1CN[C@@H](C)c1cccc(Br)c1. The molecule has 0 saturated carbocycles. The van der Waals surface area contributed by atoms with E-state index in [1.165, 1.54) is 5.56 Å². The standard InChI is InChI=1S/C15H20BrN3/c1-3-8-19-9-7-17-15(19)11-18-12(2)13-5-4-6-14(16)10-13/h4-7,9-10,12,18H,3,8,11H2,1-2H3/t12-/m0/s1. The molecule has 19 heavy (non-hydrogen) atoms. The molecule has 0 radical (unpaired) electrons. The quantitative estimate of drug-likeness (QED) is 0.874. The molecule has 1 aromatic carbocycles. The van der Waals surface area contributed by atoms with Gasteiger partial charge in [-0.2, -0.15) is 0 Å². The van der Waals surface area contributed by atoms with Crippen molar-refractivity contribution in [3.05, 3.63) is 52.5 Å². The normalized spacial score (nSPS) is 12.6. The number of nitrogens with zero attached hydrogens (tertiary/aromatic N) is 2. The number of benzene rings is 1. The number of aromatic nitrogens is 2. The van der Waals surface area contributed by atoms with Crippen LogP contribution in [0, 0.1) is 0 Å². The molecule has 1 N–H and O–H groups in total. The number of nitrogens with one attached hydrogen (secondary N) is 1. The maximum Gasteiger partial charge on any atom is 0.122 e. The molecular formula is C15H20BrN3. The highest BCUT2D eigenvalue weighted by Gasteiger charge is 2.07. The summed E-state index contributed by atoms with van der Waals surface area (Å²) in [6.07, 6.45) is 5.05. The van der Waals surface area contributed by atoms with Crippen LogP contribution in [-0.2, 0) is 13.1 Å². The van der Waals surface area contributed by atoms with Gasteiger partial charge in [-0.05, 0) is 31.0 Å². The molecule has 4 heteroatoms. The Labute approximate surface area is 123 Å². The van der Waals surface area contributed by atoms with Gasteiger partial charge in [-0.1, -0.05) is 35.0 Å². The number of aryl methyl sites for hydroxylation is 1. The Morgan fingerprint density at radius 3 is 3.00 bits per heavy atom. The van der Waals surface area contributed by atoms with Crippen molar-refractivity contribution in [2.24, 2.45) is 0 Å². The van der Waals surface area contributed by atoms with E-state index < -0.39 is 0 Å². The average molecular weight is 322 g/mol. The van der Waals surface area contributed by atoms with Gasteiger partial charge in [0.15, 0.2) is 0 Å². The van der Waals surface area contributed by atoms with E-state index in [1.54, 1.807) is 0 Å². The van der Waals surface area contributed by atoms with Gasteiger partial charge in [-0.3, -0.25) is 0 Å². The molecule has 0 bridgehead atoms. The lowest BCUT2D eigenvalue weighted by Gasteiger charge is -2.15. The summed E-state index contributed by atoms with van der Waals surface area (Å²) in [5, 5.41) is 3.52. The van der Waals surface area contributed by atoms with Gasteiger partial charge in [0, 0.05) is 29.5 Å². The summed E-state index contributed by atoms with van der Waals surface area (Å²) in [6.45, 7) is 6.18. The second-order valence-electron chi connectivity index (χ2n) is 4.69. The summed E-state index contributed by atoms with van der Waals surface area (Å²) in [5.41, 5.74) is 1.28. The molecule has 1 aromatic heterocycles. The van der Waals surface area contributed by atoms with Crippen LogP contribution >= 0.6 is 15.9 Å². The monoisotopic (exact) mass is 321 g/mol. The average Bonchev–Trinajstić information content (AvgIpc) is 2.84. The molecule has 0 unspecified atom stereocenters. The molecule has 0 amide bonds. The van der Waals surface area contributed by atoms with Crippen molar-refractivity contribution < 1.29 is 0 Å². The molecule has 1 heterocycles. The topological polar surface area (TPSA) is 29.9 Å². The largest absolute Gasteiger partial charge is 0.334 e. The third kappa shape index (κ3) is 3.91. The minimum Gasteiger partial charge on any atom is -0.334 e. The van der Waals surface area contributed by atoms with E-state index in [-0.39, 0.29) is 0 Å². The van der Waals surface area contributed by atoms with Gasteiger partial charge in [0.05, 0.1) is 6.54 Å². The lowest BCUT2D eigenvalue weighted by atomic mass is 10.1. The second-order valence-corrected chi connectivity index (χ2v) is 5.61. The van der Waals surface area contributed by atoms with Crippen LogP contribution in [0.1, 0.15) is 37.7 Å². The molecule has 102 valence electrons. The fourth-order valence-corrected chi connectivity index (χ4v) is 2.51. The predicted octanol–water partition coefficient (Wildman–Crippen LogP) is 3.91. The van der Waals surface area contributed by atoms with E-state index in [4.69, 9.17) is 0 Å². The highest BCUT2D eigenvalue weighted by molar-refractivity contribution is 9.10. The van der Waals surface area contributed by atoms with Gasteiger partial charge >= 0.3 is 0 Å². The molecule has 2 rings (SSSR count). The van der Waals surface area contributed by atoms with Gasteiger partial charge in [-0.25, -0.2) is 4.98 Å². The first-order chi connectivity index (χ1) is 9.20. The highest BCUT2D eigenvalue weighted by atomic mass is 79.9. The summed E-state index contributed by atoms with van der Waals surface area (Å²) >= 11 is 3.51. The Kier molecular flexibility index (Phi) is 5.16. The lowest BCUT2D eigenvalue weighted by Crippen LogP contribution is -2.20. The van der Waals surface area contributed by atoms with E-state index in [9.17, 15) is 0 Å². The van der Waals surface area contributed by atoms with Crippen molar-refractivity contribution in [2.75, 3.05) is 0 Å². The fourth-order valence-electron chi connectivity index (χ4n) is 2.09. The molecule has 0 aliphatic carbocycles. The van der Waals surface area contributed by atoms with Crippen LogP contribution in [0.4, 0.5) is 0 Å². The van der Waals surface area contributed by atoms with Crippen LogP contribution in [0.15, 0.2) is 41.1 Å². The zero-order valence-corrected chi connectivity index (χ0v) is 13.0. The molecule has 0 spiro atoms. The summed E-state index contributed by atoms with van der Waals surface area (Å²) in [5.74, 6) is 1.10. The lowest BCUT2D eigenvalue weighted by molar-refractivity contribution is 0.532. The fraction of sp³-hybridized carbons (Fsp3) is 0.400. The maximum absolute atomic E-state index is 4.41. The summed E-state index contributed by atoms with van der Waals surface area (Å²) in [6, 6.07) is 8.71. The van der Waals surface area contributed by atoms with Crippen LogP contribution in [0.25, 0.3) is 0 Å².